The Morgan fingerprint density at radius 2 is 2.12 bits per heavy atom. The van der Waals surface area contributed by atoms with Gasteiger partial charge in [0.05, 0.1) is 5.56 Å². The van der Waals surface area contributed by atoms with E-state index in [1.54, 1.807) is 6.07 Å². The van der Waals surface area contributed by atoms with Crippen molar-refractivity contribution in [3.63, 3.8) is 0 Å². The second kappa shape index (κ2) is 6.79. The van der Waals surface area contributed by atoms with Crippen LogP contribution in [0, 0.1) is 0 Å². The van der Waals surface area contributed by atoms with E-state index in [1.807, 2.05) is 0 Å². The lowest BCUT2D eigenvalue weighted by Crippen LogP contribution is -2.04. The monoisotopic (exact) mass is 224 g/mol. The van der Waals surface area contributed by atoms with Crippen molar-refractivity contribution in [1.29, 1.82) is 0 Å². The number of unbranched alkanes of at least 4 members (excludes halogenated alkanes) is 2. The van der Waals surface area contributed by atoms with Crippen molar-refractivity contribution >= 4 is 11.8 Å². The van der Waals surface area contributed by atoms with Gasteiger partial charge in [0.15, 0.2) is 0 Å². The summed E-state index contributed by atoms with van der Waals surface area (Å²) in [6.45, 7) is 1.00. The first-order valence-electron chi connectivity index (χ1n) is 5.28. The SMILES string of the molecule is O=C(O)c1ccc(NCCCCCO)nc1. The normalized spacial score (nSPS) is 10.1. The molecule has 88 valence electrons. The standard InChI is InChI=1S/C11H16N2O3/c14-7-3-1-2-6-12-10-5-4-9(8-13-10)11(15)16/h4-5,8,14H,1-3,6-7H2,(H,12,13)(H,15,16). The van der Waals surface area contributed by atoms with Crippen LogP contribution in [0.15, 0.2) is 18.3 Å². The molecule has 1 aromatic heterocycles. The average molecular weight is 224 g/mol. The van der Waals surface area contributed by atoms with Gasteiger partial charge in [0.2, 0.25) is 0 Å². The Hall–Kier alpha value is -1.62. The number of aliphatic hydroxyl groups is 1. The molecule has 0 aliphatic carbocycles. The molecule has 0 atom stereocenters. The van der Waals surface area contributed by atoms with Gasteiger partial charge in [-0.3, -0.25) is 0 Å². The molecule has 0 bridgehead atoms. The minimum Gasteiger partial charge on any atom is -0.478 e. The molecular formula is C11H16N2O3. The van der Waals surface area contributed by atoms with Crippen molar-refractivity contribution in [3.05, 3.63) is 23.9 Å². The van der Waals surface area contributed by atoms with Gasteiger partial charge in [-0.2, -0.15) is 0 Å². The number of aliphatic hydroxyl groups excluding tert-OH is 1. The third kappa shape index (κ3) is 4.27. The molecule has 0 radical (unpaired) electrons. The van der Waals surface area contributed by atoms with Gasteiger partial charge in [-0.1, -0.05) is 0 Å². The molecular weight excluding hydrogens is 208 g/mol. The summed E-state index contributed by atoms with van der Waals surface area (Å²) in [6, 6.07) is 3.17. The predicted octanol–water partition coefficient (Wildman–Crippen LogP) is 1.35. The second-order valence-corrected chi connectivity index (χ2v) is 3.45. The number of carbonyl (C=O) groups is 1. The Morgan fingerprint density at radius 3 is 2.69 bits per heavy atom. The van der Waals surface area contributed by atoms with Crippen LogP contribution in [-0.2, 0) is 0 Å². The highest BCUT2D eigenvalue weighted by Crippen LogP contribution is 2.05. The predicted molar refractivity (Wildman–Crippen MR) is 60.6 cm³/mol. The topological polar surface area (TPSA) is 82.5 Å². The summed E-state index contributed by atoms with van der Waals surface area (Å²) >= 11 is 0. The van der Waals surface area contributed by atoms with Crippen LogP contribution in [0.1, 0.15) is 29.6 Å². The minimum absolute atomic E-state index is 0.186. The Morgan fingerprint density at radius 1 is 1.31 bits per heavy atom. The summed E-state index contributed by atoms with van der Waals surface area (Å²) in [5.41, 5.74) is 0.186. The molecule has 0 unspecified atom stereocenters. The molecule has 1 aromatic rings. The number of pyridine rings is 1. The van der Waals surface area contributed by atoms with Crippen molar-refractivity contribution in [2.75, 3.05) is 18.5 Å². The summed E-state index contributed by atoms with van der Waals surface area (Å²) in [6.07, 6.45) is 4.07. The lowest BCUT2D eigenvalue weighted by molar-refractivity contribution is 0.0696. The van der Waals surface area contributed by atoms with Crippen molar-refractivity contribution < 1.29 is 15.0 Å². The van der Waals surface area contributed by atoms with Gasteiger partial charge in [-0.25, -0.2) is 9.78 Å². The molecule has 0 amide bonds. The largest absolute Gasteiger partial charge is 0.478 e. The van der Waals surface area contributed by atoms with Crippen molar-refractivity contribution in [1.82, 2.24) is 4.98 Å². The Bertz CT molecular complexity index is 325. The molecule has 0 saturated heterocycles. The van der Waals surface area contributed by atoms with Crippen molar-refractivity contribution in [2.45, 2.75) is 19.3 Å². The highest BCUT2D eigenvalue weighted by molar-refractivity contribution is 5.87. The summed E-state index contributed by atoms with van der Waals surface area (Å²) in [5, 5.41) is 20.3. The average Bonchev–Trinajstić information content (AvgIpc) is 2.29. The first-order valence-corrected chi connectivity index (χ1v) is 5.28. The van der Waals surface area contributed by atoms with E-state index >= 15 is 0 Å². The zero-order chi connectivity index (χ0) is 11.8. The lowest BCUT2D eigenvalue weighted by Gasteiger charge is -2.04. The van der Waals surface area contributed by atoms with Crippen LogP contribution in [0.3, 0.4) is 0 Å². The third-order valence-corrected chi connectivity index (χ3v) is 2.15. The summed E-state index contributed by atoms with van der Waals surface area (Å²) in [4.78, 5) is 14.5. The maximum Gasteiger partial charge on any atom is 0.337 e. The van der Waals surface area contributed by atoms with Crippen molar-refractivity contribution in [3.8, 4) is 0 Å². The zero-order valence-corrected chi connectivity index (χ0v) is 9.02. The highest BCUT2D eigenvalue weighted by Gasteiger charge is 2.01. The fourth-order valence-electron chi connectivity index (χ4n) is 1.25. The molecule has 5 heteroatoms. The lowest BCUT2D eigenvalue weighted by atomic mass is 10.2. The minimum atomic E-state index is -0.970. The van der Waals surface area contributed by atoms with E-state index in [4.69, 9.17) is 10.2 Å². The maximum absolute atomic E-state index is 10.6. The van der Waals surface area contributed by atoms with Crippen LogP contribution in [0.2, 0.25) is 0 Å². The van der Waals surface area contributed by atoms with Crippen LogP contribution >= 0.6 is 0 Å². The number of carboxylic acid groups (broad SMARTS) is 1. The Balaban J connectivity index is 2.29. The molecule has 0 aliphatic rings. The van der Waals surface area contributed by atoms with Crippen LogP contribution in [0.4, 0.5) is 5.82 Å². The van der Waals surface area contributed by atoms with E-state index in [2.05, 4.69) is 10.3 Å². The van der Waals surface area contributed by atoms with Gasteiger partial charge in [0.1, 0.15) is 5.82 Å². The van der Waals surface area contributed by atoms with E-state index in [0.717, 1.165) is 25.8 Å². The Labute approximate surface area is 94.1 Å². The molecule has 0 aliphatic heterocycles. The molecule has 5 nitrogen and oxygen atoms in total. The number of aromatic nitrogens is 1. The number of nitrogens with zero attached hydrogens (tertiary/aromatic N) is 1. The fourth-order valence-corrected chi connectivity index (χ4v) is 1.25. The van der Waals surface area contributed by atoms with Crippen LogP contribution < -0.4 is 5.32 Å². The van der Waals surface area contributed by atoms with Gasteiger partial charge in [-0.15, -0.1) is 0 Å². The van der Waals surface area contributed by atoms with Gasteiger partial charge >= 0.3 is 5.97 Å². The summed E-state index contributed by atoms with van der Waals surface area (Å²) in [5.74, 6) is -0.295. The van der Waals surface area contributed by atoms with Crippen LogP contribution in [-0.4, -0.2) is 34.3 Å². The molecule has 0 spiro atoms. The summed E-state index contributed by atoms with van der Waals surface area (Å²) < 4.78 is 0. The van der Waals surface area contributed by atoms with E-state index < -0.39 is 5.97 Å². The number of hydrogen-bond acceptors (Lipinski definition) is 4. The number of nitrogens with one attached hydrogen (secondary N) is 1. The van der Waals surface area contributed by atoms with E-state index in [1.165, 1.54) is 12.3 Å². The third-order valence-electron chi connectivity index (χ3n) is 2.15. The molecule has 0 saturated carbocycles. The zero-order valence-electron chi connectivity index (χ0n) is 9.02. The highest BCUT2D eigenvalue weighted by atomic mass is 16.4. The van der Waals surface area contributed by atoms with E-state index in [0.29, 0.717) is 5.82 Å². The molecule has 0 fully saturated rings. The van der Waals surface area contributed by atoms with Crippen LogP contribution in [0.25, 0.3) is 0 Å². The molecule has 0 aromatic carbocycles. The molecule has 1 rings (SSSR count). The number of hydrogen-bond donors (Lipinski definition) is 3. The quantitative estimate of drug-likeness (QED) is 0.609. The van der Waals surface area contributed by atoms with Gasteiger partial charge in [0.25, 0.3) is 0 Å². The van der Waals surface area contributed by atoms with Crippen LogP contribution in [0.5, 0.6) is 0 Å². The van der Waals surface area contributed by atoms with Gasteiger partial charge < -0.3 is 15.5 Å². The first-order chi connectivity index (χ1) is 7.74. The fraction of sp³-hybridized carbons (Fsp3) is 0.455. The van der Waals surface area contributed by atoms with Gasteiger partial charge in [-0.05, 0) is 31.4 Å². The maximum atomic E-state index is 10.6. The molecule has 16 heavy (non-hydrogen) atoms. The van der Waals surface area contributed by atoms with E-state index in [9.17, 15) is 4.79 Å². The first kappa shape index (κ1) is 12.4. The molecule has 1 heterocycles. The molecule has 3 N–H and O–H groups in total. The number of anilines is 1. The Kier molecular flexibility index (Phi) is 5.28. The number of carboxylic acids is 1. The number of aromatic carboxylic acids is 1. The van der Waals surface area contributed by atoms with E-state index in [-0.39, 0.29) is 12.2 Å². The second-order valence-electron chi connectivity index (χ2n) is 3.45. The summed E-state index contributed by atoms with van der Waals surface area (Å²) in [7, 11) is 0. The number of rotatable bonds is 7. The van der Waals surface area contributed by atoms with Crippen molar-refractivity contribution in [2.24, 2.45) is 0 Å². The smallest absolute Gasteiger partial charge is 0.337 e. The van der Waals surface area contributed by atoms with Gasteiger partial charge in [0, 0.05) is 19.3 Å².